The van der Waals surface area contributed by atoms with Crippen molar-refractivity contribution in [3.63, 3.8) is 0 Å². The maximum atomic E-state index is 12.7. The molecule has 34 heavy (non-hydrogen) atoms. The van der Waals surface area contributed by atoms with Gasteiger partial charge in [-0.05, 0) is 37.1 Å². The summed E-state index contributed by atoms with van der Waals surface area (Å²) in [7, 11) is -3.41. The van der Waals surface area contributed by atoms with Crippen molar-refractivity contribution in [2.24, 2.45) is 0 Å². The van der Waals surface area contributed by atoms with Crippen LogP contribution in [0.5, 0.6) is 5.75 Å². The van der Waals surface area contributed by atoms with Gasteiger partial charge in [0, 0.05) is 56.8 Å². The average Bonchev–Trinajstić information content (AvgIpc) is 2.80. The molecule has 0 aromatic carbocycles. The fourth-order valence-electron chi connectivity index (χ4n) is 4.02. The number of ether oxygens (including phenoxy) is 1. The van der Waals surface area contributed by atoms with E-state index in [2.05, 4.69) is 26.8 Å². The normalized spacial score (nSPS) is 14.9. The lowest BCUT2D eigenvalue weighted by atomic mass is 10.1. The van der Waals surface area contributed by atoms with E-state index in [0.29, 0.717) is 17.1 Å². The monoisotopic (exact) mass is 483 g/mol. The van der Waals surface area contributed by atoms with E-state index in [0.717, 1.165) is 56.5 Å². The second-order valence-electron chi connectivity index (χ2n) is 8.54. The Morgan fingerprint density at radius 1 is 1.12 bits per heavy atom. The summed E-state index contributed by atoms with van der Waals surface area (Å²) < 4.78 is 30.9. The highest BCUT2D eigenvalue weighted by Crippen LogP contribution is 2.21. The summed E-state index contributed by atoms with van der Waals surface area (Å²) in [4.78, 5) is 28.0. The zero-order valence-corrected chi connectivity index (χ0v) is 20.5. The number of hydrogen-bond donors (Lipinski definition) is 0. The van der Waals surface area contributed by atoms with E-state index in [1.54, 1.807) is 25.3 Å². The Kier molecular flexibility index (Phi) is 6.97. The molecule has 3 aromatic rings. The minimum Gasteiger partial charge on any atom is -0.490 e. The van der Waals surface area contributed by atoms with Crippen LogP contribution in [0.3, 0.4) is 0 Å². The van der Waals surface area contributed by atoms with Crippen LogP contribution in [0.25, 0.3) is 5.69 Å². The van der Waals surface area contributed by atoms with E-state index in [9.17, 15) is 13.2 Å². The summed E-state index contributed by atoms with van der Waals surface area (Å²) in [5, 5.41) is -0.0182. The number of pyridine rings is 2. The number of hydrogen-bond acceptors (Lipinski definition) is 8. The molecule has 0 bridgehead atoms. The van der Waals surface area contributed by atoms with Crippen molar-refractivity contribution >= 4 is 15.8 Å². The highest BCUT2D eigenvalue weighted by Gasteiger charge is 2.22. The van der Waals surface area contributed by atoms with Gasteiger partial charge in [0.25, 0.3) is 5.56 Å². The number of aromatic nitrogens is 4. The zero-order chi connectivity index (χ0) is 24.3. The lowest BCUT2D eigenvalue weighted by Gasteiger charge is -2.32. The van der Waals surface area contributed by atoms with Gasteiger partial charge in [-0.25, -0.2) is 23.4 Å². The fourth-order valence-corrected chi connectivity index (χ4v) is 4.64. The zero-order valence-electron chi connectivity index (χ0n) is 19.6. The summed E-state index contributed by atoms with van der Waals surface area (Å²) in [5.74, 6) is 1.25. The Balaban J connectivity index is 1.39. The van der Waals surface area contributed by atoms with Crippen molar-refractivity contribution < 1.29 is 13.2 Å². The van der Waals surface area contributed by atoms with E-state index >= 15 is 0 Å². The van der Waals surface area contributed by atoms with E-state index in [1.165, 1.54) is 16.7 Å². The lowest BCUT2D eigenvalue weighted by molar-refractivity contribution is 0.170. The molecule has 1 saturated heterocycles. The summed E-state index contributed by atoms with van der Waals surface area (Å²) >= 11 is 0. The molecule has 1 fully saturated rings. The highest BCUT2D eigenvalue weighted by atomic mass is 32.2. The Labute approximate surface area is 199 Å². The molecule has 180 valence electrons. The Bertz CT molecular complexity index is 1310. The van der Waals surface area contributed by atoms with Gasteiger partial charge in [0.15, 0.2) is 14.9 Å². The smallest absolute Gasteiger partial charge is 0.258 e. The molecule has 1 aliphatic rings. The number of nitrogens with zero attached hydrogens (tertiary/aromatic N) is 5. The van der Waals surface area contributed by atoms with Gasteiger partial charge in [0.2, 0.25) is 5.95 Å². The molecule has 10 heteroatoms. The predicted octanol–water partition coefficient (Wildman–Crippen LogP) is 2.73. The summed E-state index contributed by atoms with van der Waals surface area (Å²) in [6.45, 7) is 5.38. The molecule has 0 radical (unpaired) electrons. The fraction of sp³-hybridized carbons (Fsp3) is 0.417. The van der Waals surface area contributed by atoms with Crippen LogP contribution in [0, 0.1) is 6.92 Å². The highest BCUT2D eigenvalue weighted by molar-refractivity contribution is 7.90. The third-order valence-corrected chi connectivity index (χ3v) is 6.81. The number of anilines is 1. The van der Waals surface area contributed by atoms with Gasteiger partial charge in [-0.2, -0.15) is 0 Å². The van der Waals surface area contributed by atoms with Gasteiger partial charge in [-0.1, -0.05) is 13.3 Å². The van der Waals surface area contributed by atoms with Gasteiger partial charge in [-0.3, -0.25) is 9.36 Å². The number of piperidine rings is 1. The third kappa shape index (κ3) is 5.44. The van der Waals surface area contributed by atoms with E-state index in [-0.39, 0.29) is 16.7 Å². The molecule has 0 N–H and O–H groups in total. The topological polar surface area (TPSA) is 107 Å². The van der Waals surface area contributed by atoms with Gasteiger partial charge in [-0.15, -0.1) is 0 Å². The van der Waals surface area contributed by atoms with Crippen molar-refractivity contribution in [2.45, 2.75) is 50.7 Å². The van der Waals surface area contributed by atoms with Crippen LogP contribution in [0.2, 0.25) is 0 Å². The van der Waals surface area contributed by atoms with Crippen molar-refractivity contribution in [1.29, 1.82) is 0 Å². The molecule has 4 heterocycles. The second kappa shape index (κ2) is 9.92. The Morgan fingerprint density at radius 3 is 2.41 bits per heavy atom. The van der Waals surface area contributed by atoms with Gasteiger partial charge < -0.3 is 9.64 Å². The van der Waals surface area contributed by atoms with E-state index < -0.39 is 9.84 Å². The van der Waals surface area contributed by atoms with Crippen LogP contribution in [-0.4, -0.2) is 53.4 Å². The first-order valence-electron chi connectivity index (χ1n) is 11.4. The van der Waals surface area contributed by atoms with E-state index in [4.69, 9.17) is 4.74 Å². The first kappa shape index (κ1) is 23.9. The molecule has 3 aromatic heterocycles. The van der Waals surface area contributed by atoms with Crippen LogP contribution in [-0.2, 0) is 16.3 Å². The van der Waals surface area contributed by atoms with Crippen molar-refractivity contribution in [3.8, 4) is 11.4 Å². The van der Waals surface area contributed by atoms with Crippen LogP contribution in [0.15, 0.2) is 52.7 Å². The van der Waals surface area contributed by atoms with Crippen LogP contribution >= 0.6 is 0 Å². The largest absolute Gasteiger partial charge is 0.490 e. The number of rotatable bonds is 7. The van der Waals surface area contributed by atoms with E-state index in [1.807, 2.05) is 12.4 Å². The van der Waals surface area contributed by atoms with Gasteiger partial charge in [0.05, 0.1) is 11.4 Å². The number of sulfone groups is 1. The van der Waals surface area contributed by atoms with Crippen LogP contribution < -0.4 is 15.2 Å². The standard InChI is InChI=1S/C24H29N5O4S/c1-4-5-18-15-25-24(26-16-18)28-11-8-19(9-12-28)33-20-10-13-29(23(30)14-20)21-6-7-22(27-17(21)2)34(3,31)32/h6-7,10,13-16,19H,4-5,8-9,11-12H2,1-3H3. The molecule has 0 aliphatic carbocycles. The van der Waals surface area contributed by atoms with Crippen molar-refractivity contribution in [2.75, 3.05) is 24.2 Å². The molecule has 1 aliphatic heterocycles. The van der Waals surface area contributed by atoms with Crippen molar-refractivity contribution in [1.82, 2.24) is 19.5 Å². The maximum Gasteiger partial charge on any atom is 0.258 e. The molecule has 4 rings (SSSR count). The molecular formula is C24H29N5O4S. The maximum absolute atomic E-state index is 12.7. The lowest BCUT2D eigenvalue weighted by Crippen LogP contribution is -2.39. The molecular weight excluding hydrogens is 454 g/mol. The average molecular weight is 484 g/mol. The van der Waals surface area contributed by atoms with Gasteiger partial charge in [0.1, 0.15) is 11.9 Å². The molecule has 9 nitrogen and oxygen atoms in total. The third-order valence-electron chi connectivity index (χ3n) is 5.82. The minimum absolute atomic E-state index is 0.00307. The second-order valence-corrected chi connectivity index (χ2v) is 10.5. The molecule has 0 amide bonds. The minimum atomic E-state index is -3.41. The number of aryl methyl sites for hydroxylation is 2. The molecule has 0 unspecified atom stereocenters. The van der Waals surface area contributed by atoms with Gasteiger partial charge >= 0.3 is 0 Å². The summed E-state index contributed by atoms with van der Waals surface area (Å²) in [6, 6.07) is 6.19. The SMILES string of the molecule is CCCc1cnc(N2CCC(Oc3ccn(-c4ccc(S(C)(=O)=O)nc4C)c(=O)c3)CC2)nc1. The summed E-state index contributed by atoms with van der Waals surface area (Å²) in [5.41, 5.74) is 1.86. The van der Waals surface area contributed by atoms with Crippen molar-refractivity contribution in [3.05, 3.63) is 64.5 Å². The Morgan fingerprint density at radius 2 is 1.82 bits per heavy atom. The first-order chi connectivity index (χ1) is 16.2. The molecule has 0 saturated carbocycles. The molecule has 0 atom stereocenters. The predicted molar refractivity (Wildman–Crippen MR) is 130 cm³/mol. The molecule has 0 spiro atoms. The van der Waals surface area contributed by atoms with Crippen LogP contribution in [0.4, 0.5) is 5.95 Å². The van der Waals surface area contributed by atoms with Crippen LogP contribution in [0.1, 0.15) is 37.4 Å². The summed E-state index contributed by atoms with van der Waals surface area (Å²) in [6.07, 6.45) is 10.2. The quantitative estimate of drug-likeness (QED) is 0.505. The Hall–Kier alpha value is -3.27. The first-order valence-corrected chi connectivity index (χ1v) is 13.3.